The lowest BCUT2D eigenvalue weighted by atomic mass is 9.99. The zero-order valence-corrected chi connectivity index (χ0v) is 17.3. The first-order valence-electron chi connectivity index (χ1n) is 10.7. The summed E-state index contributed by atoms with van der Waals surface area (Å²) >= 11 is 0. The number of carbonyl (C=O) groups excluding carboxylic acids is 2. The maximum Gasteiger partial charge on any atom is 0.363 e. The van der Waals surface area contributed by atoms with E-state index in [-0.39, 0.29) is 17.9 Å². The highest BCUT2D eigenvalue weighted by atomic mass is 16.7. The normalized spacial score (nSPS) is 22.8. The summed E-state index contributed by atoms with van der Waals surface area (Å²) in [6.07, 6.45) is 13.8. The van der Waals surface area contributed by atoms with E-state index in [0.717, 1.165) is 38.8 Å². The van der Waals surface area contributed by atoms with Gasteiger partial charge in [-0.3, -0.25) is 9.63 Å². The Labute approximate surface area is 160 Å². The third-order valence-electron chi connectivity index (χ3n) is 5.20. The second kappa shape index (κ2) is 13.1. The SMILES string of the molecule is CCCCCCCCCCCC(=O)OCC1CCC[N+](C)(OC(C)=O)C1. The van der Waals surface area contributed by atoms with Gasteiger partial charge >= 0.3 is 11.9 Å². The van der Waals surface area contributed by atoms with Crippen molar-refractivity contribution in [1.82, 2.24) is 0 Å². The minimum Gasteiger partial charge on any atom is -0.465 e. The topological polar surface area (TPSA) is 52.6 Å². The molecule has 26 heavy (non-hydrogen) atoms. The maximum absolute atomic E-state index is 11.9. The molecule has 0 aromatic rings. The summed E-state index contributed by atoms with van der Waals surface area (Å²) in [5.41, 5.74) is 0. The van der Waals surface area contributed by atoms with Gasteiger partial charge in [0.15, 0.2) is 0 Å². The van der Waals surface area contributed by atoms with Crippen molar-refractivity contribution in [3.05, 3.63) is 0 Å². The van der Waals surface area contributed by atoms with Crippen molar-refractivity contribution in [3.8, 4) is 0 Å². The average molecular weight is 371 g/mol. The lowest BCUT2D eigenvalue weighted by Crippen LogP contribution is -2.52. The first-order chi connectivity index (χ1) is 12.4. The Morgan fingerprint density at radius 1 is 1.00 bits per heavy atom. The molecule has 1 aliphatic heterocycles. The van der Waals surface area contributed by atoms with Gasteiger partial charge in [0.05, 0.1) is 6.61 Å². The van der Waals surface area contributed by atoms with Crippen molar-refractivity contribution < 1.29 is 23.8 Å². The number of piperidine rings is 1. The Balaban J connectivity index is 2.05. The second-order valence-corrected chi connectivity index (χ2v) is 8.06. The van der Waals surface area contributed by atoms with Crippen LogP contribution in [0.15, 0.2) is 0 Å². The van der Waals surface area contributed by atoms with Crippen molar-refractivity contribution >= 4 is 11.9 Å². The molecule has 152 valence electrons. The standard InChI is InChI=1S/C21H40NO4/c1-4-5-6-7-8-9-10-11-12-15-21(24)25-18-20-14-13-16-22(3,17-20)26-19(2)23/h20H,4-18H2,1-3H3/q+1. The van der Waals surface area contributed by atoms with Crippen molar-refractivity contribution in [2.24, 2.45) is 5.92 Å². The lowest BCUT2D eigenvalue weighted by Gasteiger charge is -2.37. The van der Waals surface area contributed by atoms with E-state index in [9.17, 15) is 9.59 Å². The lowest BCUT2D eigenvalue weighted by molar-refractivity contribution is -1.08. The van der Waals surface area contributed by atoms with E-state index in [1.54, 1.807) is 0 Å². The Morgan fingerprint density at radius 2 is 1.62 bits per heavy atom. The molecule has 2 atom stereocenters. The van der Waals surface area contributed by atoms with E-state index in [1.807, 2.05) is 7.05 Å². The number of ether oxygens (including phenoxy) is 1. The number of carbonyl (C=O) groups is 2. The Hall–Kier alpha value is -1.10. The van der Waals surface area contributed by atoms with Gasteiger partial charge in [-0.1, -0.05) is 58.3 Å². The summed E-state index contributed by atoms with van der Waals surface area (Å²) in [6, 6.07) is 0. The molecule has 1 fully saturated rings. The highest BCUT2D eigenvalue weighted by molar-refractivity contribution is 5.69. The number of unbranched alkanes of at least 4 members (excludes halogenated alkanes) is 8. The molecular formula is C21H40NO4+. The van der Waals surface area contributed by atoms with E-state index in [0.29, 0.717) is 17.7 Å². The van der Waals surface area contributed by atoms with Gasteiger partial charge in [0.1, 0.15) is 20.1 Å². The van der Waals surface area contributed by atoms with Crippen LogP contribution in [-0.2, 0) is 19.2 Å². The number of esters is 1. The predicted octanol–water partition coefficient (Wildman–Crippen LogP) is 4.79. The summed E-state index contributed by atoms with van der Waals surface area (Å²) in [4.78, 5) is 28.6. The fourth-order valence-corrected chi connectivity index (χ4v) is 3.84. The number of nitrogens with zero attached hydrogens (tertiary/aromatic N) is 1. The van der Waals surface area contributed by atoms with Gasteiger partial charge in [0.2, 0.25) is 0 Å². The first kappa shape index (κ1) is 22.9. The zero-order valence-electron chi connectivity index (χ0n) is 17.3. The van der Waals surface area contributed by atoms with Crippen molar-refractivity contribution in [2.45, 2.75) is 90.9 Å². The molecule has 5 heteroatoms. The van der Waals surface area contributed by atoms with Crippen LogP contribution in [0.25, 0.3) is 0 Å². The van der Waals surface area contributed by atoms with Gasteiger partial charge in [-0.05, 0) is 12.8 Å². The van der Waals surface area contributed by atoms with E-state index >= 15 is 0 Å². The molecule has 1 heterocycles. The third-order valence-corrected chi connectivity index (χ3v) is 5.20. The van der Waals surface area contributed by atoms with Gasteiger partial charge in [-0.25, -0.2) is 4.79 Å². The average Bonchev–Trinajstić information content (AvgIpc) is 2.57. The Bertz CT molecular complexity index is 413. The van der Waals surface area contributed by atoms with Gasteiger partial charge in [-0.15, -0.1) is 4.65 Å². The molecule has 0 saturated carbocycles. The van der Waals surface area contributed by atoms with E-state index in [4.69, 9.17) is 9.57 Å². The molecule has 0 aromatic heterocycles. The van der Waals surface area contributed by atoms with Gasteiger partial charge in [0.25, 0.3) is 0 Å². The zero-order chi connectivity index (χ0) is 19.3. The summed E-state index contributed by atoms with van der Waals surface area (Å²) in [7, 11) is 1.93. The number of quaternary nitrogens is 1. The van der Waals surface area contributed by atoms with Gasteiger partial charge in [0, 0.05) is 25.7 Å². The second-order valence-electron chi connectivity index (χ2n) is 8.06. The molecule has 0 aromatic carbocycles. The maximum atomic E-state index is 11.9. The molecule has 5 nitrogen and oxygen atoms in total. The Kier molecular flexibility index (Phi) is 11.6. The summed E-state index contributed by atoms with van der Waals surface area (Å²) in [5, 5.41) is 0. The van der Waals surface area contributed by atoms with Crippen LogP contribution in [0.2, 0.25) is 0 Å². The van der Waals surface area contributed by atoms with E-state index < -0.39 is 0 Å². The van der Waals surface area contributed by atoms with E-state index in [2.05, 4.69) is 6.92 Å². The molecule has 0 aliphatic carbocycles. The molecule has 1 rings (SSSR count). The summed E-state index contributed by atoms with van der Waals surface area (Å²) in [6.45, 7) is 5.70. The summed E-state index contributed by atoms with van der Waals surface area (Å²) in [5.74, 6) is -0.0594. The minimum absolute atomic E-state index is 0.0831. The molecule has 0 radical (unpaired) electrons. The number of likely N-dealkylation sites (tertiary alicyclic amines) is 1. The van der Waals surface area contributed by atoms with Crippen molar-refractivity contribution in [1.29, 1.82) is 0 Å². The monoisotopic (exact) mass is 370 g/mol. The molecule has 2 unspecified atom stereocenters. The van der Waals surface area contributed by atoms with Crippen LogP contribution in [0.5, 0.6) is 0 Å². The molecule has 1 aliphatic rings. The van der Waals surface area contributed by atoms with Crippen LogP contribution >= 0.6 is 0 Å². The molecule has 0 amide bonds. The number of hydrogen-bond donors (Lipinski definition) is 0. The highest BCUT2D eigenvalue weighted by Gasteiger charge is 2.35. The highest BCUT2D eigenvalue weighted by Crippen LogP contribution is 2.23. The van der Waals surface area contributed by atoms with Gasteiger partial charge in [-0.2, -0.15) is 0 Å². The number of hydrogen-bond acceptors (Lipinski definition) is 4. The van der Waals surface area contributed by atoms with Crippen molar-refractivity contribution in [3.63, 3.8) is 0 Å². The number of rotatable bonds is 13. The van der Waals surface area contributed by atoms with Gasteiger partial charge < -0.3 is 4.74 Å². The quantitative estimate of drug-likeness (QED) is 0.266. The molecule has 0 N–H and O–H groups in total. The van der Waals surface area contributed by atoms with Crippen LogP contribution in [0.4, 0.5) is 0 Å². The van der Waals surface area contributed by atoms with E-state index in [1.165, 1.54) is 51.9 Å². The summed E-state index contributed by atoms with van der Waals surface area (Å²) < 4.78 is 5.76. The molecular weight excluding hydrogens is 330 g/mol. The fraction of sp³-hybridized carbons (Fsp3) is 0.905. The third kappa shape index (κ3) is 10.8. The van der Waals surface area contributed by atoms with Crippen LogP contribution in [0.3, 0.4) is 0 Å². The molecule has 1 saturated heterocycles. The van der Waals surface area contributed by atoms with Crippen LogP contribution in [-0.4, -0.2) is 43.3 Å². The van der Waals surface area contributed by atoms with Crippen LogP contribution in [0.1, 0.15) is 90.9 Å². The number of hydroxylamine groups is 3. The largest absolute Gasteiger partial charge is 0.465 e. The molecule has 0 bridgehead atoms. The van der Waals surface area contributed by atoms with Crippen LogP contribution in [0, 0.1) is 5.92 Å². The predicted molar refractivity (Wildman–Crippen MR) is 103 cm³/mol. The first-order valence-corrected chi connectivity index (χ1v) is 10.7. The van der Waals surface area contributed by atoms with Crippen molar-refractivity contribution in [2.75, 3.05) is 26.7 Å². The minimum atomic E-state index is -0.254. The smallest absolute Gasteiger partial charge is 0.363 e. The fourth-order valence-electron chi connectivity index (χ4n) is 3.84. The molecule has 0 spiro atoms. The van der Waals surface area contributed by atoms with Crippen LogP contribution < -0.4 is 0 Å². The Morgan fingerprint density at radius 3 is 2.23 bits per heavy atom.